The van der Waals surface area contributed by atoms with Crippen molar-refractivity contribution in [1.82, 2.24) is 0 Å². The van der Waals surface area contributed by atoms with Crippen LogP contribution in [0, 0.1) is 40.4 Å². The Bertz CT molecular complexity index is 991. The summed E-state index contributed by atoms with van der Waals surface area (Å²) in [5.41, 5.74) is 0.278. The van der Waals surface area contributed by atoms with Crippen LogP contribution in [-0.2, 0) is 4.79 Å². The number of alkyl halides is 2. The van der Waals surface area contributed by atoms with Crippen LogP contribution in [0.25, 0.3) is 0 Å². The molecular formula is C29H41F2NO3S. The molecule has 0 saturated heterocycles. The van der Waals surface area contributed by atoms with Gasteiger partial charge in [-0.3, -0.25) is 4.79 Å². The SMILES string of the molecule is CC12CCC3C(C(O)CC4CC(O)C(F)(F)CC43C)C1CCC2CCCC(=O)Nc1ccccc1S. The quantitative estimate of drug-likeness (QED) is 0.343. The minimum Gasteiger partial charge on any atom is -0.393 e. The molecule has 4 aliphatic rings. The Morgan fingerprint density at radius 1 is 1.08 bits per heavy atom. The lowest BCUT2D eigenvalue weighted by molar-refractivity contribution is -0.235. The highest BCUT2D eigenvalue weighted by atomic mass is 32.1. The number of thiol groups is 1. The number of amides is 1. The van der Waals surface area contributed by atoms with Gasteiger partial charge >= 0.3 is 0 Å². The highest BCUT2D eigenvalue weighted by molar-refractivity contribution is 7.80. The summed E-state index contributed by atoms with van der Waals surface area (Å²) in [4.78, 5) is 13.3. The van der Waals surface area contributed by atoms with E-state index in [1.54, 1.807) is 0 Å². The Balaban J connectivity index is 1.24. The number of nitrogens with one attached hydrogen (secondary N) is 1. The normalized spacial score (nSPS) is 43.2. The third kappa shape index (κ3) is 4.41. The van der Waals surface area contributed by atoms with Gasteiger partial charge in [-0.15, -0.1) is 12.6 Å². The van der Waals surface area contributed by atoms with E-state index in [9.17, 15) is 23.8 Å². The zero-order chi connectivity index (χ0) is 25.9. The van der Waals surface area contributed by atoms with Crippen LogP contribution in [0.4, 0.5) is 14.5 Å². The van der Waals surface area contributed by atoms with Crippen LogP contribution in [0.1, 0.15) is 78.1 Å². The molecule has 0 aliphatic heterocycles. The van der Waals surface area contributed by atoms with Crippen molar-refractivity contribution in [3.8, 4) is 0 Å². The Labute approximate surface area is 219 Å². The molecule has 4 nitrogen and oxygen atoms in total. The van der Waals surface area contributed by atoms with E-state index < -0.39 is 23.5 Å². The lowest BCUT2D eigenvalue weighted by atomic mass is 9.43. The van der Waals surface area contributed by atoms with E-state index in [1.807, 2.05) is 31.2 Å². The number of halogens is 2. The van der Waals surface area contributed by atoms with Crippen molar-refractivity contribution in [2.45, 2.75) is 101 Å². The zero-order valence-electron chi connectivity index (χ0n) is 21.4. The smallest absolute Gasteiger partial charge is 0.274 e. The fourth-order valence-corrected chi connectivity index (χ4v) is 9.33. The van der Waals surface area contributed by atoms with Gasteiger partial charge in [-0.2, -0.15) is 0 Å². The molecule has 9 atom stereocenters. The molecule has 0 heterocycles. The van der Waals surface area contributed by atoms with E-state index in [1.165, 1.54) is 0 Å². The Kier molecular flexibility index (Phi) is 7.00. The predicted octanol–water partition coefficient (Wildman–Crippen LogP) is 6.32. The van der Waals surface area contributed by atoms with Gasteiger partial charge in [-0.1, -0.05) is 26.0 Å². The number of fused-ring (bicyclic) bond motifs is 5. The van der Waals surface area contributed by atoms with Gasteiger partial charge in [0.2, 0.25) is 5.91 Å². The molecule has 0 spiro atoms. The number of carbonyl (C=O) groups is 1. The molecule has 7 heteroatoms. The molecule has 0 radical (unpaired) electrons. The first kappa shape index (κ1) is 26.4. The summed E-state index contributed by atoms with van der Waals surface area (Å²) >= 11 is 4.40. The number of rotatable bonds is 5. The number of aliphatic hydroxyl groups is 2. The molecule has 1 aromatic rings. The number of benzene rings is 1. The maximum atomic E-state index is 14.7. The van der Waals surface area contributed by atoms with Gasteiger partial charge in [-0.05, 0) is 104 Å². The first-order valence-corrected chi connectivity index (χ1v) is 14.2. The van der Waals surface area contributed by atoms with E-state index in [-0.39, 0.29) is 41.9 Å². The summed E-state index contributed by atoms with van der Waals surface area (Å²) in [6.45, 7) is 4.36. The number of hydrogen-bond acceptors (Lipinski definition) is 4. The maximum absolute atomic E-state index is 14.7. The minimum absolute atomic E-state index is 0.00184. The number of hydrogen-bond donors (Lipinski definition) is 4. The number of para-hydroxylation sites is 1. The summed E-state index contributed by atoms with van der Waals surface area (Å²) in [7, 11) is 0. The number of carbonyl (C=O) groups excluding carboxylic acids is 1. The largest absolute Gasteiger partial charge is 0.393 e. The Hall–Kier alpha value is -1.18. The fraction of sp³-hybridized carbons (Fsp3) is 0.759. The molecule has 4 aliphatic carbocycles. The van der Waals surface area contributed by atoms with Gasteiger partial charge in [0.15, 0.2) is 0 Å². The van der Waals surface area contributed by atoms with Crippen LogP contribution in [0.3, 0.4) is 0 Å². The van der Waals surface area contributed by atoms with Crippen LogP contribution < -0.4 is 5.32 Å². The number of aliphatic hydroxyl groups excluding tert-OH is 2. The van der Waals surface area contributed by atoms with Gasteiger partial charge in [-0.25, -0.2) is 8.78 Å². The molecule has 200 valence electrons. The van der Waals surface area contributed by atoms with Crippen molar-refractivity contribution >= 4 is 24.2 Å². The highest BCUT2D eigenvalue weighted by Crippen LogP contribution is 2.68. The molecule has 4 saturated carbocycles. The molecule has 3 N–H and O–H groups in total. The standard InChI is InChI=1S/C29H41F2NO3S/c1-27-13-12-20-26(22(33)14-18-15-24(34)29(30,31)16-28(18,20)2)19(27)11-10-17(27)6-5-9-25(35)32-21-7-3-4-8-23(21)36/h3-4,7-8,17-20,22,24,26,33-34,36H,5-6,9-16H2,1-2H3,(H,32,35). The summed E-state index contributed by atoms with van der Waals surface area (Å²) in [6.07, 6.45) is 4.48. The van der Waals surface area contributed by atoms with Crippen LogP contribution in [0.15, 0.2) is 29.2 Å². The van der Waals surface area contributed by atoms with Crippen LogP contribution in [0.2, 0.25) is 0 Å². The second kappa shape index (κ2) is 9.53. The average molecular weight is 522 g/mol. The summed E-state index contributed by atoms with van der Waals surface area (Å²) < 4.78 is 29.4. The molecule has 1 aromatic carbocycles. The third-order valence-electron chi connectivity index (χ3n) is 11.0. The van der Waals surface area contributed by atoms with E-state index >= 15 is 0 Å². The van der Waals surface area contributed by atoms with Gasteiger partial charge < -0.3 is 15.5 Å². The highest BCUT2D eigenvalue weighted by Gasteiger charge is 2.65. The fourth-order valence-electron chi connectivity index (χ4n) is 9.11. The van der Waals surface area contributed by atoms with Crippen molar-refractivity contribution in [2.75, 3.05) is 5.32 Å². The second-order valence-electron chi connectivity index (χ2n) is 12.8. The topological polar surface area (TPSA) is 69.6 Å². The second-order valence-corrected chi connectivity index (χ2v) is 13.2. The van der Waals surface area contributed by atoms with Crippen molar-refractivity contribution < 1.29 is 23.8 Å². The monoisotopic (exact) mass is 521 g/mol. The lowest BCUT2D eigenvalue weighted by Gasteiger charge is -2.63. The van der Waals surface area contributed by atoms with E-state index in [2.05, 4.69) is 24.9 Å². The lowest BCUT2D eigenvalue weighted by Crippen LogP contribution is -2.61. The van der Waals surface area contributed by atoms with Crippen LogP contribution >= 0.6 is 12.6 Å². The van der Waals surface area contributed by atoms with Crippen LogP contribution in [0.5, 0.6) is 0 Å². The van der Waals surface area contributed by atoms with Gasteiger partial charge in [0.25, 0.3) is 5.92 Å². The summed E-state index contributed by atoms with van der Waals surface area (Å²) in [5.74, 6) is -2.15. The molecule has 9 unspecified atom stereocenters. The molecule has 1 amide bonds. The molecular weight excluding hydrogens is 480 g/mol. The van der Waals surface area contributed by atoms with Crippen molar-refractivity contribution in [3.05, 3.63) is 24.3 Å². The summed E-state index contributed by atoms with van der Waals surface area (Å²) in [6, 6.07) is 7.47. The first-order chi connectivity index (χ1) is 17.0. The van der Waals surface area contributed by atoms with E-state index in [4.69, 9.17) is 0 Å². The van der Waals surface area contributed by atoms with Crippen molar-refractivity contribution in [2.24, 2.45) is 40.4 Å². The van der Waals surface area contributed by atoms with E-state index in [0.717, 1.165) is 49.1 Å². The Morgan fingerprint density at radius 3 is 2.56 bits per heavy atom. The van der Waals surface area contributed by atoms with Crippen LogP contribution in [-0.4, -0.2) is 34.3 Å². The first-order valence-electron chi connectivity index (χ1n) is 13.8. The van der Waals surface area contributed by atoms with Gasteiger partial charge in [0, 0.05) is 17.7 Å². The average Bonchev–Trinajstić information content (AvgIpc) is 3.13. The van der Waals surface area contributed by atoms with Gasteiger partial charge in [0.1, 0.15) is 6.10 Å². The minimum atomic E-state index is -3.05. The third-order valence-corrected chi connectivity index (χ3v) is 11.4. The van der Waals surface area contributed by atoms with Crippen molar-refractivity contribution in [1.29, 1.82) is 0 Å². The Morgan fingerprint density at radius 2 is 1.81 bits per heavy atom. The molecule has 0 aromatic heterocycles. The predicted molar refractivity (Wildman–Crippen MR) is 139 cm³/mol. The molecule has 36 heavy (non-hydrogen) atoms. The molecule has 4 fully saturated rings. The molecule has 5 rings (SSSR count). The summed E-state index contributed by atoms with van der Waals surface area (Å²) in [5, 5.41) is 24.3. The number of anilines is 1. The van der Waals surface area contributed by atoms with Gasteiger partial charge in [0.05, 0.1) is 11.8 Å². The molecule has 0 bridgehead atoms. The zero-order valence-corrected chi connectivity index (χ0v) is 22.3. The van der Waals surface area contributed by atoms with Crippen molar-refractivity contribution in [3.63, 3.8) is 0 Å². The maximum Gasteiger partial charge on any atom is 0.274 e. The van der Waals surface area contributed by atoms with E-state index in [0.29, 0.717) is 24.7 Å².